The molecule has 0 aliphatic carbocycles. The molecule has 14 heteroatoms. The van der Waals surface area contributed by atoms with Crippen LogP contribution in [-0.2, 0) is 14.8 Å². The first-order chi connectivity index (χ1) is 16.3. The van der Waals surface area contributed by atoms with Crippen molar-refractivity contribution in [2.75, 3.05) is 17.7 Å². The maximum atomic E-state index is 11.9. The van der Waals surface area contributed by atoms with Gasteiger partial charge in [-0.1, -0.05) is 18.2 Å². The van der Waals surface area contributed by atoms with E-state index in [1.807, 2.05) is 6.07 Å². The van der Waals surface area contributed by atoms with Crippen LogP contribution in [0, 0.1) is 0 Å². The number of aromatic nitrogens is 2. The first-order valence-corrected chi connectivity index (χ1v) is 11.1. The van der Waals surface area contributed by atoms with E-state index >= 15 is 0 Å². The van der Waals surface area contributed by atoms with Crippen LogP contribution >= 0.6 is 0 Å². The van der Waals surface area contributed by atoms with E-state index in [0.717, 1.165) is 5.69 Å². The van der Waals surface area contributed by atoms with Crippen LogP contribution in [0.4, 0.5) is 36.2 Å². The molecule has 186 valence electrons. The molecule has 0 unspecified atom stereocenters. The first kappa shape index (κ1) is 27.2. The molecule has 2 aromatic carbocycles. The molecule has 3 aromatic rings. The van der Waals surface area contributed by atoms with Gasteiger partial charge in [0.05, 0.1) is 4.90 Å². The zero-order valence-corrected chi connectivity index (χ0v) is 19.1. The molecule has 1 aromatic heterocycles. The molecule has 3 rings (SSSR count). The number of anilines is 4. The number of nitrogens with one attached hydrogen (secondary N) is 3. The molecule has 0 radical (unpaired) electrons. The third kappa shape index (κ3) is 8.35. The maximum Gasteiger partial charge on any atom is 0.490 e. The highest BCUT2D eigenvalue weighted by atomic mass is 32.2. The Bertz CT molecular complexity index is 1320. The molecule has 0 amide bonds. The van der Waals surface area contributed by atoms with Crippen molar-refractivity contribution in [1.82, 2.24) is 14.7 Å². The quantitative estimate of drug-likeness (QED) is 0.348. The predicted octanol–water partition coefficient (Wildman–Crippen LogP) is 3.71. The number of carboxylic acid groups (broad SMARTS) is 1. The molecular formula is C21H20F3N5O5S. The summed E-state index contributed by atoms with van der Waals surface area (Å²) in [4.78, 5) is 28.9. The molecule has 0 spiro atoms. The third-order valence-electron chi connectivity index (χ3n) is 4.14. The summed E-state index contributed by atoms with van der Waals surface area (Å²) < 4.78 is 57.9. The van der Waals surface area contributed by atoms with Crippen LogP contribution in [0.3, 0.4) is 0 Å². The van der Waals surface area contributed by atoms with E-state index in [9.17, 15) is 26.4 Å². The Morgan fingerprint density at radius 3 is 1.91 bits per heavy atom. The lowest BCUT2D eigenvalue weighted by Gasteiger charge is -2.10. The molecule has 10 nitrogen and oxygen atoms in total. The molecule has 0 saturated carbocycles. The topological polar surface area (TPSA) is 150 Å². The van der Waals surface area contributed by atoms with Gasteiger partial charge in [-0.15, -0.1) is 0 Å². The Balaban J connectivity index is 0.000000540. The number of alkyl halides is 3. The SMILES string of the molecule is CNS(=O)(=O)c1cccc(Nc2cc(Nc3cccc(C(C)=O)c3)ncn2)c1.O=C(O)C(F)(F)F. The van der Waals surface area contributed by atoms with Crippen LogP contribution in [0.25, 0.3) is 0 Å². The summed E-state index contributed by atoms with van der Waals surface area (Å²) in [6.45, 7) is 1.51. The van der Waals surface area contributed by atoms with Gasteiger partial charge in [-0.25, -0.2) is 27.9 Å². The van der Waals surface area contributed by atoms with Gasteiger partial charge in [0.2, 0.25) is 10.0 Å². The Labute approximate surface area is 198 Å². The lowest BCUT2D eigenvalue weighted by atomic mass is 10.1. The van der Waals surface area contributed by atoms with Gasteiger partial charge in [-0.05, 0) is 44.3 Å². The van der Waals surface area contributed by atoms with E-state index in [2.05, 4.69) is 25.3 Å². The van der Waals surface area contributed by atoms with Gasteiger partial charge >= 0.3 is 12.1 Å². The highest BCUT2D eigenvalue weighted by molar-refractivity contribution is 7.89. The number of Topliss-reactive ketones (excluding diaryl/α,β-unsaturated/α-hetero) is 1. The Morgan fingerprint density at radius 1 is 0.914 bits per heavy atom. The van der Waals surface area contributed by atoms with Crippen molar-refractivity contribution in [2.45, 2.75) is 18.0 Å². The molecule has 35 heavy (non-hydrogen) atoms. The monoisotopic (exact) mass is 511 g/mol. The van der Waals surface area contributed by atoms with Gasteiger partial charge in [-0.3, -0.25) is 4.79 Å². The molecule has 4 N–H and O–H groups in total. The number of ketones is 1. The van der Waals surface area contributed by atoms with Crippen molar-refractivity contribution in [3.63, 3.8) is 0 Å². The fourth-order valence-corrected chi connectivity index (χ4v) is 3.24. The molecule has 1 heterocycles. The molecule has 0 atom stereocenters. The number of sulfonamides is 1. The molecular weight excluding hydrogens is 491 g/mol. The van der Waals surface area contributed by atoms with Crippen molar-refractivity contribution in [1.29, 1.82) is 0 Å². The minimum Gasteiger partial charge on any atom is -0.475 e. The molecule has 0 aliphatic rings. The van der Waals surface area contributed by atoms with Crippen molar-refractivity contribution in [2.24, 2.45) is 0 Å². The first-order valence-electron chi connectivity index (χ1n) is 9.62. The summed E-state index contributed by atoms with van der Waals surface area (Å²) in [7, 11) is -2.18. The van der Waals surface area contributed by atoms with Gasteiger partial charge in [0.1, 0.15) is 18.0 Å². The van der Waals surface area contributed by atoms with E-state index in [1.165, 1.54) is 32.4 Å². The standard InChI is InChI=1S/C19H19N5O3S.C2HF3O2/c1-13(25)14-5-3-6-15(9-14)23-18-11-19(22-12-21-18)24-16-7-4-8-17(10-16)28(26,27)20-2;3-2(4,5)1(6)7/h3-12,20H,1-2H3,(H2,21,22,23,24);(H,6,7). The number of halogens is 3. The largest absolute Gasteiger partial charge is 0.490 e. The summed E-state index contributed by atoms with van der Waals surface area (Å²) >= 11 is 0. The average Bonchev–Trinajstić information content (AvgIpc) is 2.79. The maximum absolute atomic E-state index is 11.9. The number of hydrogen-bond donors (Lipinski definition) is 4. The zero-order valence-electron chi connectivity index (χ0n) is 18.3. The molecule has 0 bridgehead atoms. The van der Waals surface area contributed by atoms with Crippen molar-refractivity contribution in [3.8, 4) is 0 Å². The van der Waals surface area contributed by atoms with E-state index in [1.54, 1.807) is 36.4 Å². The van der Waals surface area contributed by atoms with Crippen LogP contribution in [0.2, 0.25) is 0 Å². The lowest BCUT2D eigenvalue weighted by Crippen LogP contribution is -2.21. The Morgan fingerprint density at radius 2 is 1.43 bits per heavy atom. The highest BCUT2D eigenvalue weighted by Gasteiger charge is 2.38. The molecule has 0 aliphatic heterocycles. The number of rotatable bonds is 7. The number of benzene rings is 2. The van der Waals surface area contributed by atoms with Gasteiger partial charge in [0.25, 0.3) is 0 Å². The van der Waals surface area contributed by atoms with E-state index in [4.69, 9.17) is 9.90 Å². The van der Waals surface area contributed by atoms with Gasteiger partial charge in [-0.2, -0.15) is 13.2 Å². The fourth-order valence-electron chi connectivity index (χ4n) is 2.46. The number of carbonyl (C=O) groups is 2. The van der Waals surface area contributed by atoms with Gasteiger partial charge < -0.3 is 15.7 Å². The van der Waals surface area contributed by atoms with Gasteiger partial charge in [0.15, 0.2) is 5.78 Å². The Hall–Kier alpha value is -4.04. The third-order valence-corrected chi connectivity index (χ3v) is 5.55. The summed E-state index contributed by atoms with van der Waals surface area (Å²) in [5.41, 5.74) is 1.89. The van der Waals surface area contributed by atoms with E-state index in [0.29, 0.717) is 22.9 Å². The van der Waals surface area contributed by atoms with E-state index in [-0.39, 0.29) is 10.7 Å². The second-order valence-corrected chi connectivity index (χ2v) is 8.60. The fraction of sp³-hybridized carbons (Fsp3) is 0.143. The smallest absolute Gasteiger partial charge is 0.475 e. The number of nitrogens with zero attached hydrogens (tertiary/aromatic N) is 2. The number of hydrogen-bond acceptors (Lipinski definition) is 8. The highest BCUT2D eigenvalue weighted by Crippen LogP contribution is 2.22. The van der Waals surface area contributed by atoms with E-state index < -0.39 is 22.2 Å². The second kappa shape index (κ2) is 11.4. The molecule has 0 saturated heterocycles. The number of aliphatic carboxylic acids is 1. The minimum absolute atomic E-state index is 0.0231. The van der Waals surface area contributed by atoms with Crippen LogP contribution in [0.15, 0.2) is 65.8 Å². The van der Waals surface area contributed by atoms with Crippen molar-refractivity contribution in [3.05, 3.63) is 66.5 Å². The van der Waals surface area contributed by atoms with Crippen molar-refractivity contribution < 1.29 is 36.3 Å². The zero-order chi connectivity index (χ0) is 26.2. The van der Waals surface area contributed by atoms with Crippen LogP contribution < -0.4 is 15.4 Å². The molecule has 0 fully saturated rings. The van der Waals surface area contributed by atoms with Gasteiger partial charge in [0, 0.05) is 23.0 Å². The number of carbonyl (C=O) groups excluding carboxylic acids is 1. The predicted molar refractivity (Wildman–Crippen MR) is 121 cm³/mol. The summed E-state index contributed by atoms with van der Waals surface area (Å²) in [5.74, 6) is -1.77. The Kier molecular flexibility index (Phi) is 8.86. The van der Waals surface area contributed by atoms with Crippen LogP contribution in [0.5, 0.6) is 0 Å². The van der Waals surface area contributed by atoms with Crippen LogP contribution in [-0.4, -0.2) is 48.5 Å². The average molecular weight is 511 g/mol. The lowest BCUT2D eigenvalue weighted by molar-refractivity contribution is -0.192. The number of carboxylic acids is 1. The van der Waals surface area contributed by atoms with Crippen molar-refractivity contribution >= 4 is 44.8 Å². The second-order valence-electron chi connectivity index (χ2n) is 6.71. The van der Waals surface area contributed by atoms with Crippen LogP contribution in [0.1, 0.15) is 17.3 Å². The summed E-state index contributed by atoms with van der Waals surface area (Å²) in [6, 6.07) is 15.2. The minimum atomic E-state index is -5.08. The normalized spacial score (nSPS) is 11.1. The summed E-state index contributed by atoms with van der Waals surface area (Å²) in [5, 5.41) is 13.3. The summed E-state index contributed by atoms with van der Waals surface area (Å²) in [6.07, 6.45) is -3.70.